The number of carbonyl (C=O) groups is 1. The van der Waals surface area contributed by atoms with Crippen molar-refractivity contribution in [3.8, 4) is 5.69 Å². The number of oxazole rings is 1. The van der Waals surface area contributed by atoms with E-state index in [1.807, 2.05) is 37.3 Å². The van der Waals surface area contributed by atoms with E-state index in [-0.39, 0.29) is 23.4 Å². The van der Waals surface area contributed by atoms with E-state index in [9.17, 15) is 9.59 Å². The number of nitrogens with zero attached hydrogens (tertiary/aromatic N) is 1. The summed E-state index contributed by atoms with van der Waals surface area (Å²) in [7, 11) is 0. The van der Waals surface area contributed by atoms with E-state index in [2.05, 4.69) is 0 Å². The maximum absolute atomic E-state index is 12.1. The summed E-state index contributed by atoms with van der Waals surface area (Å²) in [6.07, 6.45) is 1.33. The minimum Gasteiger partial charge on any atom is -0.412 e. The molecule has 1 aromatic heterocycles. The molecule has 0 spiro atoms. The Morgan fingerprint density at radius 2 is 2.00 bits per heavy atom. The van der Waals surface area contributed by atoms with Gasteiger partial charge in [0.05, 0.1) is 11.4 Å². The van der Waals surface area contributed by atoms with Gasteiger partial charge in [-0.05, 0) is 25.5 Å². The zero-order valence-electron chi connectivity index (χ0n) is 11.6. The van der Waals surface area contributed by atoms with Crippen LogP contribution in [0.3, 0.4) is 0 Å². The van der Waals surface area contributed by atoms with Crippen LogP contribution >= 0.6 is 0 Å². The molecule has 0 bridgehead atoms. The van der Waals surface area contributed by atoms with Crippen molar-refractivity contribution in [1.29, 1.82) is 0 Å². The number of hydrogen-bond acceptors (Lipinski definition) is 3. The van der Waals surface area contributed by atoms with Crippen LogP contribution in [0.5, 0.6) is 0 Å². The fraction of sp³-hybridized carbons (Fsp3) is 0.375. The molecule has 0 fully saturated rings. The van der Waals surface area contributed by atoms with Gasteiger partial charge in [-0.3, -0.25) is 4.79 Å². The van der Waals surface area contributed by atoms with Gasteiger partial charge in [-0.25, -0.2) is 9.36 Å². The van der Waals surface area contributed by atoms with Gasteiger partial charge in [0.2, 0.25) is 0 Å². The zero-order valence-corrected chi connectivity index (χ0v) is 11.6. The van der Waals surface area contributed by atoms with Gasteiger partial charge in [0, 0.05) is 18.3 Å². The van der Waals surface area contributed by atoms with E-state index in [1.165, 1.54) is 0 Å². The van der Waals surface area contributed by atoms with Crippen LogP contribution in [0, 0.1) is 5.92 Å². The van der Waals surface area contributed by atoms with Gasteiger partial charge in [0.15, 0.2) is 0 Å². The molecule has 104 valence electrons. The Morgan fingerprint density at radius 3 is 2.65 bits per heavy atom. The van der Waals surface area contributed by atoms with Gasteiger partial charge in [-0.2, -0.15) is 0 Å². The van der Waals surface area contributed by atoms with Gasteiger partial charge in [0.1, 0.15) is 11.5 Å². The molecule has 4 nitrogen and oxygen atoms in total. The van der Waals surface area contributed by atoms with Crippen LogP contribution in [0.2, 0.25) is 0 Å². The monoisotopic (exact) mass is 271 g/mol. The smallest absolute Gasteiger partial charge is 0.412 e. The zero-order chi connectivity index (χ0) is 14.3. The van der Waals surface area contributed by atoms with Crippen molar-refractivity contribution in [2.75, 3.05) is 0 Å². The Balaban J connectivity index is 2.15. The number of ketones is 1. The summed E-state index contributed by atoms with van der Waals surface area (Å²) in [5, 5.41) is 0. The molecule has 1 heterocycles. The van der Waals surface area contributed by atoms with Crippen molar-refractivity contribution < 1.29 is 9.21 Å². The van der Waals surface area contributed by atoms with Crippen molar-refractivity contribution in [3.05, 3.63) is 52.3 Å². The second-order valence-electron chi connectivity index (χ2n) is 5.50. The maximum atomic E-state index is 12.1. The van der Waals surface area contributed by atoms with E-state index < -0.39 is 0 Å². The normalized spacial score (nSPS) is 21.5. The molecule has 0 N–H and O–H groups in total. The topological polar surface area (TPSA) is 52.2 Å². The Morgan fingerprint density at radius 1 is 1.30 bits per heavy atom. The minimum atomic E-state index is -0.364. The lowest BCUT2D eigenvalue weighted by Crippen LogP contribution is -2.25. The fourth-order valence-corrected chi connectivity index (χ4v) is 2.99. The van der Waals surface area contributed by atoms with Crippen LogP contribution in [0.4, 0.5) is 0 Å². The van der Waals surface area contributed by atoms with Crippen LogP contribution in [-0.4, -0.2) is 10.4 Å². The van der Waals surface area contributed by atoms with E-state index in [1.54, 1.807) is 11.5 Å². The number of benzene rings is 1. The number of para-hydroxylation sites is 1. The average molecular weight is 271 g/mol. The largest absolute Gasteiger partial charge is 0.424 e. The molecule has 2 atom stereocenters. The summed E-state index contributed by atoms with van der Waals surface area (Å²) < 4.78 is 7.03. The number of aromatic nitrogens is 1. The Labute approximate surface area is 117 Å². The predicted octanol–water partition coefficient (Wildman–Crippen LogP) is 2.69. The van der Waals surface area contributed by atoms with Gasteiger partial charge in [0.25, 0.3) is 0 Å². The molecule has 1 aromatic carbocycles. The summed E-state index contributed by atoms with van der Waals surface area (Å²) in [6, 6.07) is 9.42. The quantitative estimate of drug-likeness (QED) is 0.843. The number of hydrogen-bond donors (Lipinski definition) is 0. The predicted molar refractivity (Wildman–Crippen MR) is 75.2 cm³/mol. The van der Waals surface area contributed by atoms with Crippen molar-refractivity contribution in [2.45, 2.75) is 32.6 Å². The lowest BCUT2D eigenvalue weighted by Gasteiger charge is -2.24. The first kappa shape index (κ1) is 12.9. The molecule has 2 aromatic rings. The first-order chi connectivity index (χ1) is 9.58. The van der Waals surface area contributed by atoms with Crippen LogP contribution in [0.1, 0.15) is 37.6 Å². The lowest BCUT2D eigenvalue weighted by molar-refractivity contribution is -0.121. The van der Waals surface area contributed by atoms with Crippen LogP contribution in [0.15, 0.2) is 39.5 Å². The third-order valence-corrected chi connectivity index (χ3v) is 4.05. The second kappa shape index (κ2) is 4.78. The number of Topliss-reactive ketones (excluding diaryl/α,β-unsaturated/α-hetero) is 1. The second-order valence-corrected chi connectivity index (χ2v) is 5.50. The standard InChI is InChI=1S/C16H17NO3/c1-10-8-12(11(2)18)9-14-15(10)20-16(19)17(14)13-6-4-3-5-7-13/h3-7,10,12H,8-9H2,1-2H3/t10-,12+/m0/s1. The summed E-state index contributed by atoms with van der Waals surface area (Å²) in [6.45, 7) is 3.62. The molecular weight excluding hydrogens is 254 g/mol. The maximum Gasteiger partial charge on any atom is 0.424 e. The fourth-order valence-electron chi connectivity index (χ4n) is 2.99. The molecule has 1 aliphatic carbocycles. The minimum absolute atomic E-state index is 0.0236. The SMILES string of the molecule is CC(=O)[C@H]1Cc2c(oc(=O)n2-c2ccccc2)[C@@H](C)C1. The van der Waals surface area contributed by atoms with Gasteiger partial charge in [-0.1, -0.05) is 25.1 Å². The number of carbonyl (C=O) groups excluding carboxylic acids is 1. The Hall–Kier alpha value is -2.10. The highest BCUT2D eigenvalue weighted by Gasteiger charge is 2.33. The highest BCUT2D eigenvalue weighted by atomic mass is 16.4. The van der Waals surface area contributed by atoms with Crippen LogP contribution in [-0.2, 0) is 11.2 Å². The van der Waals surface area contributed by atoms with Crippen molar-refractivity contribution in [2.24, 2.45) is 5.92 Å². The third-order valence-electron chi connectivity index (χ3n) is 4.05. The van der Waals surface area contributed by atoms with Crippen molar-refractivity contribution >= 4 is 5.78 Å². The molecule has 0 unspecified atom stereocenters. The highest BCUT2D eigenvalue weighted by Crippen LogP contribution is 2.35. The molecule has 0 radical (unpaired) electrons. The van der Waals surface area contributed by atoms with E-state index >= 15 is 0 Å². The third kappa shape index (κ3) is 2.01. The van der Waals surface area contributed by atoms with Gasteiger partial charge in [-0.15, -0.1) is 0 Å². The molecule has 3 rings (SSSR count). The van der Waals surface area contributed by atoms with E-state index in [0.29, 0.717) is 6.42 Å². The Kier molecular flexibility index (Phi) is 3.08. The highest BCUT2D eigenvalue weighted by molar-refractivity contribution is 5.79. The Bertz CT molecular complexity index is 696. The molecule has 0 amide bonds. The van der Waals surface area contributed by atoms with E-state index in [4.69, 9.17) is 4.42 Å². The van der Waals surface area contributed by atoms with Crippen LogP contribution < -0.4 is 5.76 Å². The summed E-state index contributed by atoms with van der Waals surface area (Å²) >= 11 is 0. The molecular formula is C16H17NO3. The first-order valence-electron chi connectivity index (χ1n) is 6.88. The number of rotatable bonds is 2. The van der Waals surface area contributed by atoms with Crippen LogP contribution in [0.25, 0.3) is 5.69 Å². The summed E-state index contributed by atoms with van der Waals surface area (Å²) in [5.74, 6) is 0.624. The first-order valence-corrected chi connectivity index (χ1v) is 6.88. The molecule has 0 saturated heterocycles. The lowest BCUT2D eigenvalue weighted by atomic mass is 9.81. The van der Waals surface area contributed by atoms with Crippen molar-refractivity contribution in [1.82, 2.24) is 4.57 Å². The van der Waals surface area contributed by atoms with Gasteiger partial charge < -0.3 is 4.42 Å². The average Bonchev–Trinajstić information content (AvgIpc) is 2.76. The molecule has 20 heavy (non-hydrogen) atoms. The van der Waals surface area contributed by atoms with Crippen molar-refractivity contribution in [3.63, 3.8) is 0 Å². The summed E-state index contributed by atoms with van der Waals surface area (Å²) in [4.78, 5) is 23.8. The van der Waals surface area contributed by atoms with Gasteiger partial charge >= 0.3 is 5.76 Å². The molecule has 0 aliphatic heterocycles. The molecule has 1 aliphatic rings. The van der Waals surface area contributed by atoms with E-state index in [0.717, 1.165) is 23.6 Å². The molecule has 0 saturated carbocycles. The summed E-state index contributed by atoms with van der Waals surface area (Å²) in [5.41, 5.74) is 1.64. The molecule has 4 heteroatoms. The number of fused-ring (bicyclic) bond motifs is 1.